The van der Waals surface area contributed by atoms with E-state index >= 15 is 0 Å². The van der Waals surface area contributed by atoms with Crippen LogP contribution in [0.4, 0.5) is 0 Å². The van der Waals surface area contributed by atoms with Crippen molar-refractivity contribution in [3.8, 4) is 11.3 Å². The fourth-order valence-corrected chi connectivity index (χ4v) is 2.91. The highest BCUT2D eigenvalue weighted by atomic mass is 15.1. The van der Waals surface area contributed by atoms with Crippen LogP contribution in [0.3, 0.4) is 0 Å². The summed E-state index contributed by atoms with van der Waals surface area (Å²) in [6.45, 7) is 9.39. The van der Waals surface area contributed by atoms with Crippen LogP contribution in [0.5, 0.6) is 0 Å². The molecule has 0 unspecified atom stereocenters. The number of rotatable bonds is 3. The van der Waals surface area contributed by atoms with E-state index in [1.807, 2.05) is 7.05 Å². The summed E-state index contributed by atoms with van der Waals surface area (Å²) < 4.78 is 2.20. The van der Waals surface area contributed by atoms with Gasteiger partial charge in [-0.15, -0.1) is 0 Å². The van der Waals surface area contributed by atoms with E-state index in [-0.39, 0.29) is 0 Å². The lowest BCUT2D eigenvalue weighted by Gasteiger charge is -2.13. The standard InChI is InChI=1S/C16H23N3/c1-10-7-11(2)15(12(3)8-10)16-13(4)18-14(9-17-5)19(16)6/h7-8,17H,9H2,1-6H3. The van der Waals surface area contributed by atoms with Crippen molar-refractivity contribution in [2.75, 3.05) is 7.05 Å². The molecule has 0 aliphatic rings. The predicted octanol–water partition coefficient (Wildman–Crippen LogP) is 3.04. The van der Waals surface area contributed by atoms with E-state index in [2.05, 4.69) is 61.7 Å². The molecule has 0 bridgehead atoms. The molecule has 102 valence electrons. The Hall–Kier alpha value is -1.61. The largest absolute Gasteiger partial charge is 0.330 e. The summed E-state index contributed by atoms with van der Waals surface area (Å²) in [7, 11) is 4.05. The summed E-state index contributed by atoms with van der Waals surface area (Å²) in [6, 6.07) is 4.49. The summed E-state index contributed by atoms with van der Waals surface area (Å²) in [5.41, 5.74) is 7.61. The van der Waals surface area contributed by atoms with Gasteiger partial charge in [0.25, 0.3) is 0 Å². The zero-order valence-corrected chi connectivity index (χ0v) is 12.8. The zero-order valence-electron chi connectivity index (χ0n) is 12.8. The van der Waals surface area contributed by atoms with Crippen molar-refractivity contribution < 1.29 is 0 Å². The summed E-state index contributed by atoms with van der Waals surface area (Å²) >= 11 is 0. The molecular weight excluding hydrogens is 234 g/mol. The Morgan fingerprint density at radius 3 is 2.21 bits per heavy atom. The number of nitrogens with zero attached hydrogens (tertiary/aromatic N) is 2. The second kappa shape index (κ2) is 5.17. The number of nitrogens with one attached hydrogen (secondary N) is 1. The van der Waals surface area contributed by atoms with E-state index in [0.717, 1.165) is 18.1 Å². The van der Waals surface area contributed by atoms with Gasteiger partial charge < -0.3 is 9.88 Å². The number of hydrogen-bond acceptors (Lipinski definition) is 2. The Labute approximate surface area is 115 Å². The Morgan fingerprint density at radius 2 is 1.68 bits per heavy atom. The number of imidazole rings is 1. The molecule has 1 aromatic heterocycles. The van der Waals surface area contributed by atoms with Crippen molar-refractivity contribution in [2.24, 2.45) is 7.05 Å². The first-order valence-corrected chi connectivity index (χ1v) is 6.70. The van der Waals surface area contributed by atoms with Crippen molar-refractivity contribution >= 4 is 0 Å². The fraction of sp³-hybridized carbons (Fsp3) is 0.438. The highest BCUT2D eigenvalue weighted by Crippen LogP contribution is 2.31. The van der Waals surface area contributed by atoms with Gasteiger partial charge >= 0.3 is 0 Å². The Balaban J connectivity index is 2.66. The molecule has 0 atom stereocenters. The quantitative estimate of drug-likeness (QED) is 0.916. The third-order valence-corrected chi connectivity index (χ3v) is 3.61. The normalized spacial score (nSPS) is 11.1. The SMILES string of the molecule is CNCc1nc(C)c(-c2c(C)cc(C)cc2C)n1C. The molecule has 0 saturated heterocycles. The first-order chi connectivity index (χ1) is 8.95. The average molecular weight is 257 g/mol. The molecule has 2 aromatic rings. The molecule has 0 aliphatic heterocycles. The van der Waals surface area contributed by atoms with Crippen LogP contribution in [-0.4, -0.2) is 16.6 Å². The third kappa shape index (κ3) is 2.43. The van der Waals surface area contributed by atoms with Crippen LogP contribution < -0.4 is 5.32 Å². The first-order valence-electron chi connectivity index (χ1n) is 6.70. The molecule has 0 aliphatic carbocycles. The molecule has 0 amide bonds. The maximum absolute atomic E-state index is 4.68. The number of hydrogen-bond donors (Lipinski definition) is 1. The van der Waals surface area contributed by atoms with E-state index in [9.17, 15) is 0 Å². The van der Waals surface area contributed by atoms with Crippen molar-refractivity contribution in [3.63, 3.8) is 0 Å². The molecule has 3 heteroatoms. The highest BCUT2D eigenvalue weighted by molar-refractivity contribution is 5.70. The lowest BCUT2D eigenvalue weighted by Crippen LogP contribution is -2.11. The fourth-order valence-electron chi connectivity index (χ4n) is 2.91. The lowest BCUT2D eigenvalue weighted by atomic mass is 9.96. The molecule has 1 heterocycles. The smallest absolute Gasteiger partial charge is 0.123 e. The highest BCUT2D eigenvalue weighted by Gasteiger charge is 2.16. The lowest BCUT2D eigenvalue weighted by molar-refractivity contribution is 0.711. The average Bonchev–Trinajstić information content (AvgIpc) is 2.56. The van der Waals surface area contributed by atoms with E-state index in [1.165, 1.54) is 27.9 Å². The summed E-state index contributed by atoms with van der Waals surface area (Å²) in [5.74, 6) is 1.08. The second-order valence-corrected chi connectivity index (χ2v) is 5.33. The van der Waals surface area contributed by atoms with Crippen LogP contribution in [0.1, 0.15) is 28.2 Å². The minimum absolute atomic E-state index is 0.793. The van der Waals surface area contributed by atoms with Crippen LogP contribution in [0.2, 0.25) is 0 Å². The molecule has 0 saturated carbocycles. The van der Waals surface area contributed by atoms with Crippen LogP contribution in [0, 0.1) is 27.7 Å². The molecular formula is C16H23N3. The van der Waals surface area contributed by atoms with E-state index < -0.39 is 0 Å². The van der Waals surface area contributed by atoms with Gasteiger partial charge in [0, 0.05) is 12.6 Å². The molecule has 1 aromatic carbocycles. The van der Waals surface area contributed by atoms with Crippen molar-refractivity contribution in [3.05, 3.63) is 40.3 Å². The van der Waals surface area contributed by atoms with Gasteiger partial charge in [-0.1, -0.05) is 17.7 Å². The Bertz CT molecular complexity index is 586. The van der Waals surface area contributed by atoms with E-state index in [4.69, 9.17) is 0 Å². The molecule has 19 heavy (non-hydrogen) atoms. The molecule has 3 nitrogen and oxygen atoms in total. The number of aryl methyl sites for hydroxylation is 4. The van der Waals surface area contributed by atoms with Gasteiger partial charge in [-0.2, -0.15) is 0 Å². The second-order valence-electron chi connectivity index (χ2n) is 5.33. The predicted molar refractivity (Wildman–Crippen MR) is 80.4 cm³/mol. The number of aromatic nitrogens is 2. The monoisotopic (exact) mass is 257 g/mol. The maximum atomic E-state index is 4.68. The topological polar surface area (TPSA) is 29.9 Å². The minimum atomic E-state index is 0.793. The summed E-state index contributed by atoms with van der Waals surface area (Å²) in [4.78, 5) is 4.68. The third-order valence-electron chi connectivity index (χ3n) is 3.61. The first kappa shape index (κ1) is 13.8. The Morgan fingerprint density at radius 1 is 1.11 bits per heavy atom. The number of benzene rings is 1. The van der Waals surface area contributed by atoms with Crippen molar-refractivity contribution in [1.82, 2.24) is 14.9 Å². The summed E-state index contributed by atoms with van der Waals surface area (Å²) in [6.07, 6.45) is 0. The maximum Gasteiger partial charge on any atom is 0.123 e. The molecule has 0 spiro atoms. The van der Waals surface area contributed by atoms with Crippen molar-refractivity contribution in [2.45, 2.75) is 34.2 Å². The molecule has 0 radical (unpaired) electrons. The zero-order chi connectivity index (χ0) is 14.2. The van der Waals surface area contributed by atoms with Gasteiger partial charge in [0.2, 0.25) is 0 Å². The van der Waals surface area contributed by atoms with Crippen LogP contribution >= 0.6 is 0 Å². The minimum Gasteiger partial charge on any atom is -0.330 e. The molecule has 2 rings (SSSR count). The molecule has 0 fully saturated rings. The Kier molecular flexibility index (Phi) is 3.76. The van der Waals surface area contributed by atoms with Gasteiger partial charge in [0.05, 0.1) is 17.9 Å². The van der Waals surface area contributed by atoms with Gasteiger partial charge in [-0.3, -0.25) is 0 Å². The van der Waals surface area contributed by atoms with E-state index in [1.54, 1.807) is 0 Å². The van der Waals surface area contributed by atoms with Crippen LogP contribution in [0.25, 0.3) is 11.3 Å². The van der Waals surface area contributed by atoms with Gasteiger partial charge in [-0.05, 0) is 45.9 Å². The van der Waals surface area contributed by atoms with Gasteiger partial charge in [0.1, 0.15) is 5.82 Å². The summed E-state index contributed by atoms with van der Waals surface area (Å²) in [5, 5.41) is 3.17. The van der Waals surface area contributed by atoms with E-state index in [0.29, 0.717) is 0 Å². The molecule has 1 N–H and O–H groups in total. The van der Waals surface area contributed by atoms with Gasteiger partial charge in [0.15, 0.2) is 0 Å². The van der Waals surface area contributed by atoms with Crippen LogP contribution in [-0.2, 0) is 13.6 Å². The van der Waals surface area contributed by atoms with Crippen LogP contribution in [0.15, 0.2) is 12.1 Å². The van der Waals surface area contributed by atoms with Crippen molar-refractivity contribution in [1.29, 1.82) is 0 Å². The van der Waals surface area contributed by atoms with Gasteiger partial charge in [-0.25, -0.2) is 4.98 Å².